The molecule has 6 nitrogen and oxygen atoms in total. The summed E-state index contributed by atoms with van der Waals surface area (Å²) in [5, 5.41) is 11.5. The summed E-state index contributed by atoms with van der Waals surface area (Å²) in [5.41, 5.74) is 3.07. The number of rotatable bonds is 7. The minimum Gasteiger partial charge on any atom is -0.497 e. The lowest BCUT2D eigenvalue weighted by Crippen LogP contribution is -2.18. The van der Waals surface area contributed by atoms with Crippen LogP contribution >= 0.6 is 0 Å². The van der Waals surface area contributed by atoms with Crippen molar-refractivity contribution in [2.75, 3.05) is 17.3 Å². The highest BCUT2D eigenvalue weighted by Gasteiger charge is 2.13. The van der Waals surface area contributed by atoms with E-state index in [1.54, 1.807) is 13.3 Å². The number of hydrogen-bond donors (Lipinski definition) is 1. The van der Waals surface area contributed by atoms with Gasteiger partial charge in [-0.15, -0.1) is 5.10 Å². The Morgan fingerprint density at radius 1 is 0.862 bits per heavy atom. The number of para-hydroxylation sites is 1. The molecule has 6 heteroatoms. The van der Waals surface area contributed by atoms with Crippen LogP contribution in [0.15, 0.2) is 91.1 Å². The average Bonchev–Trinajstić information content (AvgIpc) is 2.79. The number of aromatic nitrogens is 3. The fraction of sp³-hybridized carbons (Fsp3) is 0.0870. The van der Waals surface area contributed by atoms with Gasteiger partial charge in [-0.3, -0.25) is 0 Å². The molecular formula is C23H21N5O. The number of nitrogens with zero attached hydrogens (tertiary/aromatic N) is 4. The third-order valence-corrected chi connectivity index (χ3v) is 4.42. The summed E-state index contributed by atoms with van der Waals surface area (Å²) >= 11 is 0. The highest BCUT2D eigenvalue weighted by molar-refractivity contribution is 5.61. The molecule has 4 rings (SSSR count). The molecule has 1 aromatic heterocycles. The molecule has 0 spiro atoms. The molecule has 0 aliphatic rings. The minimum atomic E-state index is 0.432. The monoisotopic (exact) mass is 383 g/mol. The molecule has 1 heterocycles. The highest BCUT2D eigenvalue weighted by Crippen LogP contribution is 2.26. The lowest BCUT2D eigenvalue weighted by atomic mass is 10.2. The number of methoxy groups -OCH3 is 1. The first-order valence-electron chi connectivity index (χ1n) is 9.29. The second kappa shape index (κ2) is 8.84. The van der Waals surface area contributed by atoms with E-state index in [-0.39, 0.29) is 0 Å². The van der Waals surface area contributed by atoms with Crippen molar-refractivity contribution in [2.45, 2.75) is 6.54 Å². The maximum Gasteiger partial charge on any atom is 0.249 e. The quantitative estimate of drug-likeness (QED) is 0.486. The van der Waals surface area contributed by atoms with E-state index in [4.69, 9.17) is 9.72 Å². The first kappa shape index (κ1) is 18.4. The van der Waals surface area contributed by atoms with E-state index in [2.05, 4.69) is 44.7 Å². The van der Waals surface area contributed by atoms with Gasteiger partial charge in [-0.2, -0.15) is 10.1 Å². The Hall–Kier alpha value is -3.93. The zero-order chi connectivity index (χ0) is 19.9. The first-order chi connectivity index (χ1) is 14.3. The van der Waals surface area contributed by atoms with Crippen LogP contribution in [0, 0.1) is 0 Å². The van der Waals surface area contributed by atoms with Crippen molar-refractivity contribution in [2.24, 2.45) is 0 Å². The Morgan fingerprint density at radius 2 is 1.55 bits per heavy atom. The Bertz CT molecular complexity index is 1040. The van der Waals surface area contributed by atoms with Gasteiger partial charge in [0.15, 0.2) is 5.82 Å². The van der Waals surface area contributed by atoms with Crippen LogP contribution in [0.4, 0.5) is 23.1 Å². The molecule has 0 unspecified atom stereocenters. The molecule has 0 aliphatic heterocycles. The molecular weight excluding hydrogens is 362 g/mol. The number of ether oxygens (including phenoxy) is 1. The van der Waals surface area contributed by atoms with Crippen LogP contribution in [0.3, 0.4) is 0 Å². The van der Waals surface area contributed by atoms with Crippen molar-refractivity contribution in [3.8, 4) is 5.75 Å². The van der Waals surface area contributed by atoms with Gasteiger partial charge < -0.3 is 15.0 Å². The van der Waals surface area contributed by atoms with E-state index in [0.717, 1.165) is 17.1 Å². The molecule has 0 saturated carbocycles. The zero-order valence-corrected chi connectivity index (χ0v) is 16.1. The number of anilines is 4. The molecule has 144 valence electrons. The summed E-state index contributed by atoms with van der Waals surface area (Å²) in [4.78, 5) is 6.81. The second-order valence-electron chi connectivity index (χ2n) is 6.40. The van der Waals surface area contributed by atoms with Gasteiger partial charge in [-0.25, -0.2) is 0 Å². The third kappa shape index (κ3) is 4.68. The Kier molecular flexibility index (Phi) is 5.62. The summed E-state index contributed by atoms with van der Waals surface area (Å²) < 4.78 is 5.20. The van der Waals surface area contributed by atoms with Gasteiger partial charge in [-0.05, 0) is 42.0 Å². The van der Waals surface area contributed by atoms with Crippen LogP contribution in [0.2, 0.25) is 0 Å². The van der Waals surface area contributed by atoms with Crippen molar-refractivity contribution >= 4 is 23.1 Å². The van der Waals surface area contributed by atoms with E-state index in [0.29, 0.717) is 18.3 Å². The normalized spacial score (nSPS) is 10.4. The number of hydrogen-bond acceptors (Lipinski definition) is 6. The molecule has 29 heavy (non-hydrogen) atoms. The Balaban J connectivity index is 1.62. The molecule has 0 saturated heterocycles. The molecule has 0 radical (unpaired) electrons. The van der Waals surface area contributed by atoms with Crippen LogP contribution in [-0.4, -0.2) is 22.3 Å². The molecule has 4 aromatic rings. The largest absolute Gasteiger partial charge is 0.497 e. The summed E-state index contributed by atoms with van der Waals surface area (Å²) in [6, 6.07) is 28.0. The van der Waals surface area contributed by atoms with Gasteiger partial charge >= 0.3 is 0 Å². The van der Waals surface area contributed by atoms with E-state index < -0.39 is 0 Å². The first-order valence-corrected chi connectivity index (χ1v) is 9.29. The highest BCUT2D eigenvalue weighted by atomic mass is 16.5. The summed E-state index contributed by atoms with van der Waals surface area (Å²) in [6.07, 6.45) is 1.68. The van der Waals surface area contributed by atoms with Crippen LogP contribution in [0.1, 0.15) is 5.56 Å². The lowest BCUT2D eigenvalue weighted by Gasteiger charge is -2.24. The summed E-state index contributed by atoms with van der Waals surface area (Å²) in [5.74, 6) is 1.94. The predicted molar refractivity (Wildman–Crippen MR) is 115 cm³/mol. The van der Waals surface area contributed by atoms with Crippen molar-refractivity contribution in [3.05, 3.63) is 96.7 Å². The lowest BCUT2D eigenvalue weighted by molar-refractivity contribution is 0.415. The van der Waals surface area contributed by atoms with Crippen molar-refractivity contribution in [1.29, 1.82) is 0 Å². The molecule has 0 bridgehead atoms. The van der Waals surface area contributed by atoms with Gasteiger partial charge in [0, 0.05) is 17.9 Å². The fourth-order valence-electron chi connectivity index (χ4n) is 2.96. The minimum absolute atomic E-state index is 0.432. The van der Waals surface area contributed by atoms with E-state index in [1.807, 2.05) is 60.7 Å². The topological polar surface area (TPSA) is 63.2 Å². The second-order valence-corrected chi connectivity index (χ2v) is 6.40. The fourth-order valence-corrected chi connectivity index (χ4v) is 2.96. The van der Waals surface area contributed by atoms with Crippen molar-refractivity contribution < 1.29 is 4.74 Å². The maximum atomic E-state index is 5.20. The molecule has 1 N–H and O–H groups in total. The van der Waals surface area contributed by atoms with Crippen molar-refractivity contribution in [3.63, 3.8) is 0 Å². The van der Waals surface area contributed by atoms with Crippen LogP contribution in [0.5, 0.6) is 5.75 Å². The van der Waals surface area contributed by atoms with Crippen molar-refractivity contribution in [1.82, 2.24) is 15.2 Å². The Morgan fingerprint density at radius 3 is 2.24 bits per heavy atom. The third-order valence-electron chi connectivity index (χ3n) is 4.42. The number of benzene rings is 3. The number of nitrogens with one attached hydrogen (secondary N) is 1. The smallest absolute Gasteiger partial charge is 0.249 e. The van der Waals surface area contributed by atoms with E-state index in [9.17, 15) is 0 Å². The predicted octanol–water partition coefficient (Wildman–Crippen LogP) is 4.96. The van der Waals surface area contributed by atoms with E-state index in [1.165, 1.54) is 5.56 Å². The van der Waals surface area contributed by atoms with Gasteiger partial charge in [0.1, 0.15) is 5.75 Å². The van der Waals surface area contributed by atoms with Crippen LogP contribution in [0.25, 0.3) is 0 Å². The maximum absolute atomic E-state index is 5.20. The van der Waals surface area contributed by atoms with Gasteiger partial charge in [0.05, 0.1) is 13.3 Å². The van der Waals surface area contributed by atoms with Gasteiger partial charge in [0.2, 0.25) is 5.95 Å². The van der Waals surface area contributed by atoms with Crippen LogP contribution in [-0.2, 0) is 6.54 Å². The molecule has 3 aromatic carbocycles. The molecule has 0 atom stereocenters. The summed E-state index contributed by atoms with van der Waals surface area (Å²) in [7, 11) is 1.64. The van der Waals surface area contributed by atoms with Crippen LogP contribution < -0.4 is 15.0 Å². The summed E-state index contributed by atoms with van der Waals surface area (Å²) in [6.45, 7) is 0.672. The molecule has 0 aliphatic carbocycles. The SMILES string of the molecule is COc1ccc(Nc2nncc(N(Cc3ccccc3)c3ccccc3)n2)cc1. The van der Waals surface area contributed by atoms with Gasteiger partial charge in [0.25, 0.3) is 0 Å². The van der Waals surface area contributed by atoms with E-state index >= 15 is 0 Å². The molecule has 0 fully saturated rings. The van der Waals surface area contributed by atoms with Gasteiger partial charge in [-0.1, -0.05) is 48.5 Å². The molecule has 0 amide bonds. The standard InChI is InChI=1S/C23H21N5O/c1-29-21-14-12-19(13-15-21)25-23-26-22(16-24-27-23)28(20-10-6-3-7-11-20)17-18-8-4-2-5-9-18/h2-16H,17H2,1H3,(H,25,26,27). The Labute approximate surface area is 169 Å². The zero-order valence-electron chi connectivity index (χ0n) is 16.1. The average molecular weight is 383 g/mol.